The second kappa shape index (κ2) is 11.4. The molecule has 1 unspecified atom stereocenters. The fourth-order valence-electron chi connectivity index (χ4n) is 3.80. The van der Waals surface area contributed by atoms with E-state index in [0.717, 1.165) is 69.6 Å². The Hall–Kier alpha value is -1.86. The first-order valence-corrected chi connectivity index (χ1v) is 11.1. The number of anilines is 1. The van der Waals surface area contributed by atoms with Crippen LogP contribution in [0.3, 0.4) is 0 Å². The molecule has 0 saturated carbocycles. The van der Waals surface area contributed by atoms with Crippen LogP contribution in [0.15, 0.2) is 23.2 Å². The Kier molecular flexibility index (Phi) is 8.55. The number of piperidine rings is 1. The lowest BCUT2D eigenvalue weighted by Gasteiger charge is -2.35. The largest absolute Gasteiger partial charge is 0.376 e. The normalized spacial score (nSPS) is 21.3. The van der Waals surface area contributed by atoms with Crippen molar-refractivity contribution in [1.82, 2.24) is 15.2 Å². The van der Waals surface area contributed by atoms with Crippen LogP contribution in [-0.2, 0) is 16.0 Å². The number of likely N-dealkylation sites (tertiary alicyclic amines) is 1. The minimum absolute atomic E-state index is 0.297. The summed E-state index contributed by atoms with van der Waals surface area (Å²) in [7, 11) is 4.01. The van der Waals surface area contributed by atoms with E-state index in [0.29, 0.717) is 18.8 Å². The van der Waals surface area contributed by atoms with Gasteiger partial charge in [0.05, 0.1) is 31.1 Å². The van der Waals surface area contributed by atoms with Crippen LogP contribution in [0.4, 0.5) is 5.82 Å². The first-order valence-electron chi connectivity index (χ1n) is 11.1. The van der Waals surface area contributed by atoms with Crippen LogP contribution in [0, 0.1) is 0 Å². The zero-order valence-corrected chi connectivity index (χ0v) is 18.3. The predicted octanol–water partition coefficient (Wildman–Crippen LogP) is 2.66. The average molecular weight is 404 g/mol. The van der Waals surface area contributed by atoms with Gasteiger partial charge < -0.3 is 24.6 Å². The molecule has 0 aliphatic carbocycles. The third-order valence-corrected chi connectivity index (χ3v) is 5.51. The van der Waals surface area contributed by atoms with Gasteiger partial charge >= 0.3 is 0 Å². The summed E-state index contributed by atoms with van der Waals surface area (Å²) in [4.78, 5) is 13.9. The highest BCUT2D eigenvalue weighted by Gasteiger charge is 2.23. The summed E-state index contributed by atoms with van der Waals surface area (Å²) in [5.74, 6) is 1.93. The number of hydrogen-bond donors (Lipinski definition) is 1. The van der Waals surface area contributed by atoms with Crippen LogP contribution < -0.4 is 10.2 Å². The Bertz CT molecular complexity index is 638. The van der Waals surface area contributed by atoms with Crippen molar-refractivity contribution in [3.63, 3.8) is 0 Å². The molecular formula is C22H37N5O2. The van der Waals surface area contributed by atoms with Crippen molar-refractivity contribution in [2.45, 2.75) is 57.8 Å². The molecule has 29 heavy (non-hydrogen) atoms. The summed E-state index contributed by atoms with van der Waals surface area (Å²) in [5, 5.41) is 3.44. The molecule has 3 rings (SSSR count). The van der Waals surface area contributed by atoms with Crippen LogP contribution in [0.25, 0.3) is 0 Å². The van der Waals surface area contributed by atoms with Gasteiger partial charge in [-0.25, -0.2) is 9.98 Å². The van der Waals surface area contributed by atoms with Gasteiger partial charge in [0.25, 0.3) is 0 Å². The van der Waals surface area contributed by atoms with E-state index in [1.165, 1.54) is 12.8 Å². The molecular weight excluding hydrogens is 366 g/mol. The SMILES string of the molecule is CCNC(=NCc1cccc(N(C)C)n1)N1CCC(OCC2CCCCO2)CC1. The Morgan fingerprint density at radius 1 is 1.28 bits per heavy atom. The van der Waals surface area contributed by atoms with Crippen molar-refractivity contribution in [3.05, 3.63) is 23.9 Å². The van der Waals surface area contributed by atoms with E-state index in [2.05, 4.69) is 22.1 Å². The standard InChI is InChI=1S/C22H37N5O2/c1-4-23-22(24-16-18-8-7-10-21(25-18)26(2)3)27-13-11-19(12-14-27)29-17-20-9-5-6-15-28-20/h7-8,10,19-20H,4-6,9,11-17H2,1-3H3,(H,23,24). The van der Waals surface area contributed by atoms with Crippen molar-refractivity contribution >= 4 is 11.8 Å². The zero-order valence-electron chi connectivity index (χ0n) is 18.3. The summed E-state index contributed by atoms with van der Waals surface area (Å²) in [6, 6.07) is 6.09. The summed E-state index contributed by atoms with van der Waals surface area (Å²) in [5.41, 5.74) is 0.984. The number of aromatic nitrogens is 1. The molecule has 7 nitrogen and oxygen atoms in total. The molecule has 1 N–H and O–H groups in total. The first kappa shape index (κ1) is 21.8. The molecule has 0 radical (unpaired) electrons. The number of pyridine rings is 1. The molecule has 2 aliphatic heterocycles. The molecule has 1 aromatic rings. The number of aliphatic imine (C=N–C) groups is 1. The molecule has 0 aromatic carbocycles. The molecule has 0 bridgehead atoms. The lowest BCUT2D eigenvalue weighted by Crippen LogP contribution is -2.47. The van der Waals surface area contributed by atoms with Gasteiger partial charge in [-0.3, -0.25) is 0 Å². The summed E-state index contributed by atoms with van der Waals surface area (Å²) < 4.78 is 11.9. The molecule has 2 aliphatic rings. The number of rotatable bonds is 7. The fourth-order valence-corrected chi connectivity index (χ4v) is 3.80. The van der Waals surface area contributed by atoms with Crippen molar-refractivity contribution < 1.29 is 9.47 Å². The minimum Gasteiger partial charge on any atom is -0.376 e. The molecule has 2 fully saturated rings. The maximum Gasteiger partial charge on any atom is 0.194 e. The number of guanidine groups is 1. The Morgan fingerprint density at radius 2 is 2.10 bits per heavy atom. The third kappa shape index (κ3) is 6.85. The van der Waals surface area contributed by atoms with Crippen molar-refractivity contribution in [1.29, 1.82) is 0 Å². The van der Waals surface area contributed by atoms with E-state index >= 15 is 0 Å². The molecule has 3 heterocycles. The quantitative estimate of drug-likeness (QED) is 0.558. The summed E-state index contributed by atoms with van der Waals surface area (Å²) in [6.07, 6.45) is 6.29. The minimum atomic E-state index is 0.297. The second-order valence-corrected chi connectivity index (χ2v) is 8.06. The van der Waals surface area contributed by atoms with Gasteiger partial charge in [0.15, 0.2) is 5.96 Å². The highest BCUT2D eigenvalue weighted by molar-refractivity contribution is 5.80. The molecule has 2 saturated heterocycles. The summed E-state index contributed by atoms with van der Waals surface area (Å²) in [6.45, 7) is 7.12. The predicted molar refractivity (Wildman–Crippen MR) is 118 cm³/mol. The average Bonchev–Trinajstić information content (AvgIpc) is 2.76. The second-order valence-electron chi connectivity index (χ2n) is 8.06. The van der Waals surface area contributed by atoms with E-state index in [9.17, 15) is 0 Å². The van der Waals surface area contributed by atoms with Crippen molar-refractivity contribution in [3.8, 4) is 0 Å². The molecule has 1 aromatic heterocycles. The molecule has 162 valence electrons. The van der Waals surface area contributed by atoms with Crippen molar-refractivity contribution in [2.75, 3.05) is 51.8 Å². The van der Waals surface area contributed by atoms with E-state index in [1.807, 2.05) is 37.2 Å². The zero-order chi connectivity index (χ0) is 20.5. The van der Waals surface area contributed by atoms with Gasteiger partial charge in [-0.1, -0.05) is 6.07 Å². The van der Waals surface area contributed by atoms with Crippen LogP contribution in [0.1, 0.15) is 44.7 Å². The number of hydrogen-bond acceptors (Lipinski definition) is 5. The van der Waals surface area contributed by atoms with Crippen LogP contribution >= 0.6 is 0 Å². The topological polar surface area (TPSA) is 62.2 Å². The Labute approximate surface area is 175 Å². The van der Waals surface area contributed by atoms with Gasteiger partial charge in [0, 0.05) is 40.3 Å². The van der Waals surface area contributed by atoms with Crippen molar-refractivity contribution in [2.24, 2.45) is 4.99 Å². The Balaban J connectivity index is 1.49. The molecule has 1 atom stereocenters. The Morgan fingerprint density at radius 3 is 2.79 bits per heavy atom. The van der Waals surface area contributed by atoms with Gasteiger partial charge in [-0.2, -0.15) is 0 Å². The number of nitrogens with one attached hydrogen (secondary N) is 1. The monoisotopic (exact) mass is 403 g/mol. The summed E-state index contributed by atoms with van der Waals surface area (Å²) >= 11 is 0. The van der Waals surface area contributed by atoms with Crippen LogP contribution in [0.5, 0.6) is 0 Å². The first-order chi connectivity index (χ1) is 14.2. The smallest absolute Gasteiger partial charge is 0.194 e. The van der Waals surface area contributed by atoms with Crippen LogP contribution in [-0.4, -0.2) is 75.0 Å². The highest BCUT2D eigenvalue weighted by atomic mass is 16.5. The lowest BCUT2D eigenvalue weighted by atomic mass is 10.1. The fraction of sp³-hybridized carbons (Fsp3) is 0.727. The number of ether oxygens (including phenoxy) is 2. The highest BCUT2D eigenvalue weighted by Crippen LogP contribution is 2.18. The van der Waals surface area contributed by atoms with Gasteiger partial charge in [0.1, 0.15) is 5.82 Å². The van der Waals surface area contributed by atoms with Gasteiger partial charge in [-0.05, 0) is 51.2 Å². The lowest BCUT2D eigenvalue weighted by molar-refractivity contribution is -0.0721. The molecule has 0 spiro atoms. The van der Waals surface area contributed by atoms with Gasteiger partial charge in [0.2, 0.25) is 0 Å². The maximum absolute atomic E-state index is 6.15. The van der Waals surface area contributed by atoms with E-state index in [1.54, 1.807) is 0 Å². The van der Waals surface area contributed by atoms with E-state index in [-0.39, 0.29) is 0 Å². The molecule has 7 heteroatoms. The number of nitrogens with zero attached hydrogens (tertiary/aromatic N) is 4. The molecule has 0 amide bonds. The van der Waals surface area contributed by atoms with Crippen LogP contribution in [0.2, 0.25) is 0 Å². The van der Waals surface area contributed by atoms with Gasteiger partial charge in [-0.15, -0.1) is 0 Å². The third-order valence-electron chi connectivity index (χ3n) is 5.51. The maximum atomic E-state index is 6.15. The van der Waals surface area contributed by atoms with E-state index in [4.69, 9.17) is 14.5 Å². The van der Waals surface area contributed by atoms with E-state index < -0.39 is 0 Å².